The van der Waals surface area contributed by atoms with Gasteiger partial charge in [0.15, 0.2) is 0 Å². The molecule has 13 heavy (non-hydrogen) atoms. The Balaban J connectivity index is 2.39. The van der Waals surface area contributed by atoms with Gasteiger partial charge in [0.2, 0.25) is 0 Å². The van der Waals surface area contributed by atoms with Gasteiger partial charge in [0, 0.05) is 19.5 Å². The quantitative estimate of drug-likeness (QED) is 0.735. The van der Waals surface area contributed by atoms with Crippen molar-refractivity contribution >= 4 is 11.8 Å². The maximum Gasteiger partial charge on any atom is 0.101 e. The van der Waals surface area contributed by atoms with Gasteiger partial charge in [0.05, 0.1) is 6.61 Å². The number of likely N-dealkylation sites (tertiary alicyclic amines) is 1. The van der Waals surface area contributed by atoms with Gasteiger partial charge in [0.1, 0.15) is 5.60 Å². The minimum Gasteiger partial charge on any atom is -0.386 e. The summed E-state index contributed by atoms with van der Waals surface area (Å²) in [5, 5.41) is 10.1. The Labute approximate surface area is 84.4 Å². The SMILES string of the molecule is COC[C@]1(O)CCCN(CSC)C1. The molecule has 0 aromatic heterocycles. The largest absolute Gasteiger partial charge is 0.386 e. The van der Waals surface area contributed by atoms with E-state index in [4.69, 9.17) is 4.74 Å². The molecule has 0 radical (unpaired) electrons. The van der Waals surface area contributed by atoms with E-state index in [1.807, 2.05) is 0 Å². The molecule has 0 aromatic carbocycles. The Kier molecular flexibility index (Phi) is 4.52. The van der Waals surface area contributed by atoms with Crippen LogP contribution in [0.25, 0.3) is 0 Å². The van der Waals surface area contributed by atoms with Gasteiger partial charge >= 0.3 is 0 Å². The highest BCUT2D eigenvalue weighted by molar-refractivity contribution is 7.98. The zero-order chi connectivity index (χ0) is 9.73. The molecule has 1 rings (SSSR count). The monoisotopic (exact) mass is 205 g/mol. The lowest BCUT2D eigenvalue weighted by Crippen LogP contribution is -2.50. The lowest BCUT2D eigenvalue weighted by atomic mass is 9.94. The molecule has 3 nitrogen and oxygen atoms in total. The van der Waals surface area contributed by atoms with Gasteiger partial charge in [-0.2, -0.15) is 0 Å². The molecule has 1 heterocycles. The predicted octanol–water partition coefficient (Wildman–Crippen LogP) is 0.780. The smallest absolute Gasteiger partial charge is 0.101 e. The summed E-state index contributed by atoms with van der Waals surface area (Å²) in [5.41, 5.74) is -0.608. The summed E-state index contributed by atoms with van der Waals surface area (Å²) in [5.74, 6) is 1.01. The third-order valence-corrected chi connectivity index (χ3v) is 2.98. The minimum absolute atomic E-state index is 0.456. The summed E-state index contributed by atoms with van der Waals surface area (Å²) in [6, 6.07) is 0. The second-order valence-electron chi connectivity index (χ2n) is 3.73. The van der Waals surface area contributed by atoms with Crippen LogP contribution in [0.5, 0.6) is 0 Å². The average molecular weight is 205 g/mol. The van der Waals surface area contributed by atoms with Crippen molar-refractivity contribution in [3.05, 3.63) is 0 Å². The normalized spacial score (nSPS) is 30.7. The molecule has 1 aliphatic rings. The van der Waals surface area contributed by atoms with Crippen LogP contribution in [0.3, 0.4) is 0 Å². The van der Waals surface area contributed by atoms with Crippen LogP contribution in [0.15, 0.2) is 0 Å². The Morgan fingerprint density at radius 3 is 3.00 bits per heavy atom. The molecule has 1 fully saturated rings. The van der Waals surface area contributed by atoms with Crippen LogP contribution >= 0.6 is 11.8 Å². The van der Waals surface area contributed by atoms with E-state index in [1.165, 1.54) is 0 Å². The molecule has 1 N–H and O–H groups in total. The summed E-state index contributed by atoms with van der Waals surface area (Å²) in [4.78, 5) is 2.28. The van der Waals surface area contributed by atoms with Gasteiger partial charge in [0.25, 0.3) is 0 Å². The van der Waals surface area contributed by atoms with E-state index >= 15 is 0 Å². The van der Waals surface area contributed by atoms with E-state index in [1.54, 1.807) is 18.9 Å². The van der Waals surface area contributed by atoms with Gasteiger partial charge in [-0.3, -0.25) is 4.90 Å². The zero-order valence-electron chi connectivity index (χ0n) is 8.45. The molecule has 4 heteroatoms. The van der Waals surface area contributed by atoms with Gasteiger partial charge in [-0.25, -0.2) is 0 Å². The number of hydrogen-bond acceptors (Lipinski definition) is 4. The Bertz CT molecular complexity index is 151. The summed E-state index contributed by atoms with van der Waals surface area (Å²) in [6.45, 7) is 2.31. The molecule has 1 saturated heterocycles. The molecule has 1 aliphatic heterocycles. The molecule has 1 atom stereocenters. The van der Waals surface area contributed by atoms with E-state index in [0.29, 0.717) is 6.61 Å². The van der Waals surface area contributed by atoms with E-state index < -0.39 is 5.60 Å². The highest BCUT2D eigenvalue weighted by Gasteiger charge is 2.32. The predicted molar refractivity (Wildman–Crippen MR) is 56.0 cm³/mol. The molecule has 0 saturated carbocycles. The third kappa shape index (κ3) is 3.46. The molecular formula is C9H19NO2S. The third-order valence-electron chi connectivity index (χ3n) is 2.36. The van der Waals surface area contributed by atoms with E-state index in [0.717, 1.165) is 31.8 Å². The van der Waals surface area contributed by atoms with E-state index in [-0.39, 0.29) is 0 Å². The molecule has 0 bridgehead atoms. The number of piperidine rings is 1. The van der Waals surface area contributed by atoms with Crippen molar-refractivity contribution in [2.24, 2.45) is 0 Å². The molecule has 0 aromatic rings. The summed E-state index contributed by atoms with van der Waals surface area (Å²) < 4.78 is 5.03. The van der Waals surface area contributed by atoms with Crippen molar-refractivity contribution in [1.82, 2.24) is 4.90 Å². The standard InChI is InChI=1S/C9H19NO2S/c1-12-7-9(11)4-3-5-10(6-9)8-13-2/h11H,3-8H2,1-2H3/t9-/m0/s1. The molecular weight excluding hydrogens is 186 g/mol. The number of methoxy groups -OCH3 is 1. The first-order chi connectivity index (χ1) is 6.20. The van der Waals surface area contributed by atoms with Crippen molar-refractivity contribution in [2.75, 3.05) is 38.9 Å². The van der Waals surface area contributed by atoms with Crippen LogP contribution in [-0.4, -0.2) is 54.5 Å². The highest BCUT2D eigenvalue weighted by Crippen LogP contribution is 2.22. The van der Waals surface area contributed by atoms with Crippen LogP contribution in [-0.2, 0) is 4.74 Å². The first-order valence-electron chi connectivity index (χ1n) is 4.63. The molecule has 0 spiro atoms. The second-order valence-corrected chi connectivity index (χ2v) is 4.57. The van der Waals surface area contributed by atoms with Crippen molar-refractivity contribution in [1.29, 1.82) is 0 Å². The fraction of sp³-hybridized carbons (Fsp3) is 1.00. The fourth-order valence-electron chi connectivity index (χ4n) is 1.89. The van der Waals surface area contributed by atoms with Gasteiger partial charge in [-0.15, -0.1) is 11.8 Å². The zero-order valence-corrected chi connectivity index (χ0v) is 9.27. The number of β-amino-alcohol motifs (C(OH)–C–C–N with tert-alkyl or cyclic N) is 1. The van der Waals surface area contributed by atoms with Gasteiger partial charge in [-0.1, -0.05) is 0 Å². The van der Waals surface area contributed by atoms with Crippen LogP contribution in [0.1, 0.15) is 12.8 Å². The number of aliphatic hydroxyl groups is 1. The van der Waals surface area contributed by atoms with E-state index in [2.05, 4.69) is 11.2 Å². The highest BCUT2D eigenvalue weighted by atomic mass is 32.2. The summed E-state index contributed by atoms with van der Waals surface area (Å²) >= 11 is 1.80. The van der Waals surface area contributed by atoms with E-state index in [9.17, 15) is 5.11 Å². The first kappa shape index (κ1) is 11.3. The topological polar surface area (TPSA) is 32.7 Å². The minimum atomic E-state index is -0.608. The van der Waals surface area contributed by atoms with Crippen LogP contribution in [0.2, 0.25) is 0 Å². The second kappa shape index (κ2) is 5.20. The van der Waals surface area contributed by atoms with Crippen LogP contribution in [0, 0.1) is 0 Å². The number of ether oxygens (including phenoxy) is 1. The Hall–Kier alpha value is 0.230. The molecule has 0 unspecified atom stereocenters. The molecule has 0 amide bonds. The Morgan fingerprint density at radius 2 is 2.38 bits per heavy atom. The Morgan fingerprint density at radius 1 is 1.62 bits per heavy atom. The summed E-state index contributed by atoms with van der Waals surface area (Å²) in [7, 11) is 1.64. The lowest BCUT2D eigenvalue weighted by molar-refractivity contribution is -0.0736. The average Bonchev–Trinajstić information content (AvgIpc) is 2.04. The maximum absolute atomic E-state index is 10.1. The molecule has 78 valence electrons. The lowest BCUT2D eigenvalue weighted by Gasteiger charge is -2.38. The summed E-state index contributed by atoms with van der Waals surface area (Å²) in [6.07, 6.45) is 4.02. The number of thioether (sulfide) groups is 1. The van der Waals surface area contributed by atoms with Gasteiger partial charge < -0.3 is 9.84 Å². The van der Waals surface area contributed by atoms with Crippen molar-refractivity contribution in [3.63, 3.8) is 0 Å². The van der Waals surface area contributed by atoms with Crippen molar-refractivity contribution in [2.45, 2.75) is 18.4 Å². The first-order valence-corrected chi connectivity index (χ1v) is 6.02. The maximum atomic E-state index is 10.1. The molecule has 0 aliphatic carbocycles. The van der Waals surface area contributed by atoms with Gasteiger partial charge in [-0.05, 0) is 25.6 Å². The number of rotatable bonds is 4. The van der Waals surface area contributed by atoms with Crippen molar-refractivity contribution in [3.8, 4) is 0 Å². The number of nitrogens with zero attached hydrogens (tertiary/aromatic N) is 1. The fourth-order valence-corrected chi connectivity index (χ4v) is 2.47. The number of hydrogen-bond donors (Lipinski definition) is 1. The van der Waals surface area contributed by atoms with Crippen LogP contribution < -0.4 is 0 Å². The van der Waals surface area contributed by atoms with Crippen molar-refractivity contribution < 1.29 is 9.84 Å². The van der Waals surface area contributed by atoms with Crippen LogP contribution in [0.4, 0.5) is 0 Å².